The lowest BCUT2D eigenvalue weighted by Gasteiger charge is -2.15. The Bertz CT molecular complexity index is 1280. The first-order valence-electron chi connectivity index (χ1n) is 9.78. The van der Waals surface area contributed by atoms with E-state index >= 15 is 0 Å². The summed E-state index contributed by atoms with van der Waals surface area (Å²) in [5, 5.41) is 3.26. The average Bonchev–Trinajstić information content (AvgIpc) is 3.04. The van der Waals surface area contributed by atoms with Crippen LogP contribution in [0.25, 0.3) is 22.3 Å². The van der Waals surface area contributed by atoms with Gasteiger partial charge in [0, 0.05) is 30.5 Å². The highest BCUT2D eigenvalue weighted by atomic mass is 16.2. The summed E-state index contributed by atoms with van der Waals surface area (Å²) in [6.07, 6.45) is 3.36. The Labute approximate surface area is 177 Å². The third-order valence-electron chi connectivity index (χ3n) is 5.17. The van der Waals surface area contributed by atoms with E-state index in [1.165, 1.54) is 4.90 Å². The number of imide groups is 1. The highest BCUT2D eigenvalue weighted by Crippen LogP contribution is 2.23. The summed E-state index contributed by atoms with van der Waals surface area (Å²) >= 11 is 0. The standard InChI is InChI=1S/C23H18N6O2/c24-21-8-5-14(12-27-21)20-13-26-18-7-6-15(11-19(18)28-20)25-9-10-29-22(30)16-3-1-2-4-17(16)23(29)31/h1-8,11-13,25H,9-10H2,(H2,24,27). The first-order chi connectivity index (χ1) is 15.1. The van der Waals surface area contributed by atoms with Crippen molar-refractivity contribution < 1.29 is 9.59 Å². The number of nitrogens with one attached hydrogen (secondary N) is 1. The Morgan fingerprint density at radius 1 is 0.871 bits per heavy atom. The van der Waals surface area contributed by atoms with Crippen molar-refractivity contribution in [3.05, 3.63) is 78.1 Å². The van der Waals surface area contributed by atoms with E-state index < -0.39 is 0 Å². The van der Waals surface area contributed by atoms with Crippen molar-refractivity contribution in [3.63, 3.8) is 0 Å². The molecule has 1 aliphatic heterocycles. The molecule has 8 nitrogen and oxygen atoms in total. The molecule has 2 aromatic heterocycles. The first kappa shape index (κ1) is 18.7. The summed E-state index contributed by atoms with van der Waals surface area (Å²) in [4.78, 5) is 39.4. The lowest BCUT2D eigenvalue weighted by molar-refractivity contribution is 0.0660. The maximum atomic E-state index is 12.5. The van der Waals surface area contributed by atoms with Crippen molar-refractivity contribution in [1.82, 2.24) is 19.9 Å². The Morgan fingerprint density at radius 3 is 2.35 bits per heavy atom. The van der Waals surface area contributed by atoms with Gasteiger partial charge in [0.2, 0.25) is 0 Å². The molecule has 2 amide bonds. The molecular weight excluding hydrogens is 392 g/mol. The SMILES string of the molecule is Nc1ccc(-c2cnc3ccc(NCCN4C(=O)c5ccccc5C4=O)cc3n2)cn1. The zero-order valence-corrected chi connectivity index (χ0v) is 16.4. The van der Waals surface area contributed by atoms with Crippen LogP contribution in [0.1, 0.15) is 20.7 Å². The van der Waals surface area contributed by atoms with E-state index in [1.807, 2.05) is 24.3 Å². The zero-order chi connectivity index (χ0) is 21.4. The highest BCUT2D eigenvalue weighted by molar-refractivity contribution is 6.21. The lowest BCUT2D eigenvalue weighted by Crippen LogP contribution is -2.34. The predicted octanol–water partition coefficient (Wildman–Crippen LogP) is 2.98. The summed E-state index contributed by atoms with van der Waals surface area (Å²) in [6.45, 7) is 0.694. The van der Waals surface area contributed by atoms with Crippen LogP contribution in [0, 0.1) is 0 Å². The maximum absolute atomic E-state index is 12.5. The number of fused-ring (bicyclic) bond motifs is 2. The average molecular weight is 410 g/mol. The highest BCUT2D eigenvalue weighted by Gasteiger charge is 2.34. The van der Waals surface area contributed by atoms with Gasteiger partial charge in [-0.05, 0) is 42.5 Å². The van der Waals surface area contributed by atoms with Crippen LogP contribution in [0.5, 0.6) is 0 Å². The normalized spacial score (nSPS) is 13.0. The van der Waals surface area contributed by atoms with Crippen molar-refractivity contribution in [3.8, 4) is 11.3 Å². The van der Waals surface area contributed by atoms with Crippen molar-refractivity contribution in [2.45, 2.75) is 0 Å². The van der Waals surface area contributed by atoms with Gasteiger partial charge in [-0.3, -0.25) is 19.5 Å². The molecule has 0 fully saturated rings. The number of nitrogen functional groups attached to an aromatic ring is 1. The smallest absolute Gasteiger partial charge is 0.261 e. The molecule has 0 spiro atoms. The van der Waals surface area contributed by atoms with E-state index in [1.54, 1.807) is 42.7 Å². The van der Waals surface area contributed by atoms with Crippen LogP contribution >= 0.6 is 0 Å². The van der Waals surface area contributed by atoms with E-state index in [2.05, 4.69) is 20.3 Å². The fraction of sp³-hybridized carbons (Fsp3) is 0.0870. The monoisotopic (exact) mass is 410 g/mol. The molecule has 2 aromatic carbocycles. The molecular formula is C23H18N6O2. The molecule has 4 aromatic rings. The van der Waals surface area contributed by atoms with Crippen LogP contribution in [0.2, 0.25) is 0 Å². The summed E-state index contributed by atoms with van der Waals surface area (Å²) < 4.78 is 0. The second kappa shape index (κ2) is 7.49. The quantitative estimate of drug-likeness (QED) is 0.486. The minimum atomic E-state index is -0.256. The third kappa shape index (κ3) is 3.44. The topological polar surface area (TPSA) is 114 Å². The maximum Gasteiger partial charge on any atom is 0.261 e. The van der Waals surface area contributed by atoms with E-state index in [0.717, 1.165) is 22.3 Å². The Morgan fingerprint density at radius 2 is 1.65 bits per heavy atom. The molecule has 1 aliphatic rings. The van der Waals surface area contributed by atoms with Crippen LogP contribution in [-0.2, 0) is 0 Å². The largest absolute Gasteiger partial charge is 0.384 e. The van der Waals surface area contributed by atoms with Crippen LogP contribution < -0.4 is 11.1 Å². The Balaban J connectivity index is 1.30. The summed E-state index contributed by atoms with van der Waals surface area (Å²) in [6, 6.07) is 16.1. The Kier molecular flexibility index (Phi) is 4.51. The molecule has 0 bridgehead atoms. The number of rotatable bonds is 5. The summed E-state index contributed by atoms with van der Waals surface area (Å²) in [5.41, 5.74) is 10.4. The Hall–Kier alpha value is -4.33. The molecule has 0 saturated heterocycles. The number of hydrogen-bond acceptors (Lipinski definition) is 7. The summed E-state index contributed by atoms with van der Waals surface area (Å²) in [7, 11) is 0. The van der Waals surface area contributed by atoms with Gasteiger partial charge in [-0.2, -0.15) is 0 Å². The predicted molar refractivity (Wildman–Crippen MR) is 117 cm³/mol. The van der Waals surface area contributed by atoms with Crippen molar-refractivity contribution in [1.29, 1.82) is 0 Å². The van der Waals surface area contributed by atoms with Gasteiger partial charge >= 0.3 is 0 Å². The second-order valence-corrected chi connectivity index (χ2v) is 7.16. The molecule has 0 radical (unpaired) electrons. The number of nitrogens with zero attached hydrogens (tertiary/aromatic N) is 4. The molecule has 0 aliphatic carbocycles. The van der Waals surface area contributed by atoms with Crippen LogP contribution in [0.4, 0.5) is 11.5 Å². The minimum Gasteiger partial charge on any atom is -0.384 e. The fourth-order valence-corrected chi connectivity index (χ4v) is 3.57. The van der Waals surface area contributed by atoms with E-state index in [4.69, 9.17) is 5.73 Å². The van der Waals surface area contributed by atoms with E-state index in [9.17, 15) is 9.59 Å². The number of benzene rings is 2. The van der Waals surface area contributed by atoms with Crippen molar-refractivity contribution in [2.24, 2.45) is 0 Å². The number of carbonyl (C=O) groups is 2. The molecule has 152 valence electrons. The number of nitrogens with two attached hydrogens (primary N) is 1. The van der Waals surface area contributed by atoms with Gasteiger partial charge in [0.05, 0.1) is 34.1 Å². The third-order valence-corrected chi connectivity index (χ3v) is 5.17. The number of amides is 2. The molecule has 0 atom stereocenters. The van der Waals surface area contributed by atoms with Crippen LogP contribution in [0.3, 0.4) is 0 Å². The van der Waals surface area contributed by atoms with Crippen molar-refractivity contribution >= 4 is 34.4 Å². The van der Waals surface area contributed by atoms with Gasteiger partial charge in [-0.25, -0.2) is 9.97 Å². The molecule has 3 heterocycles. The van der Waals surface area contributed by atoms with Gasteiger partial charge < -0.3 is 11.1 Å². The molecule has 3 N–H and O–H groups in total. The van der Waals surface area contributed by atoms with E-state index in [-0.39, 0.29) is 18.4 Å². The fourth-order valence-electron chi connectivity index (χ4n) is 3.57. The van der Waals surface area contributed by atoms with Gasteiger partial charge in [0.25, 0.3) is 11.8 Å². The van der Waals surface area contributed by atoms with Crippen LogP contribution in [-0.4, -0.2) is 44.8 Å². The van der Waals surface area contributed by atoms with Gasteiger partial charge in [0.15, 0.2) is 0 Å². The second-order valence-electron chi connectivity index (χ2n) is 7.16. The number of aromatic nitrogens is 3. The minimum absolute atomic E-state index is 0.256. The van der Waals surface area contributed by atoms with Gasteiger partial charge in [-0.15, -0.1) is 0 Å². The number of anilines is 2. The van der Waals surface area contributed by atoms with Crippen LogP contribution in [0.15, 0.2) is 67.0 Å². The zero-order valence-electron chi connectivity index (χ0n) is 16.4. The number of carbonyl (C=O) groups excluding carboxylic acids is 2. The molecule has 0 unspecified atom stereocenters. The molecule has 0 saturated carbocycles. The lowest BCUT2D eigenvalue weighted by atomic mass is 10.1. The number of hydrogen-bond donors (Lipinski definition) is 2. The van der Waals surface area contributed by atoms with Crippen molar-refractivity contribution in [2.75, 3.05) is 24.1 Å². The van der Waals surface area contributed by atoms with E-state index in [0.29, 0.717) is 29.2 Å². The summed E-state index contributed by atoms with van der Waals surface area (Å²) in [5.74, 6) is -0.0656. The first-order valence-corrected chi connectivity index (χ1v) is 9.78. The number of pyridine rings is 1. The van der Waals surface area contributed by atoms with Gasteiger partial charge in [-0.1, -0.05) is 12.1 Å². The molecule has 8 heteroatoms. The molecule has 31 heavy (non-hydrogen) atoms. The molecule has 5 rings (SSSR count). The van der Waals surface area contributed by atoms with Gasteiger partial charge in [0.1, 0.15) is 5.82 Å².